The summed E-state index contributed by atoms with van der Waals surface area (Å²) in [6.07, 6.45) is -0.0935. The van der Waals surface area contributed by atoms with Crippen LogP contribution in [0.1, 0.15) is 52.6 Å². The zero-order valence-corrected chi connectivity index (χ0v) is 16.3. The van der Waals surface area contributed by atoms with Crippen molar-refractivity contribution < 1.29 is 19.2 Å². The fraction of sp³-hybridized carbons (Fsp3) is 0.273. The number of benzene rings is 2. The standard InChI is InChI=1S/C22H23N3O4/c1-14(2)23-20(27)19(15-8-4-3-5-9-15)24-18(26)12-13-25-21(28)16-10-6-7-11-17(16)22(25)29/h3-11,14,19H,12-13H2,1-2H3,(H,23,27)(H,24,26)/t19-/m0/s1. The van der Waals surface area contributed by atoms with Crippen molar-refractivity contribution in [2.45, 2.75) is 32.4 Å². The molecule has 2 N–H and O–H groups in total. The molecule has 0 spiro atoms. The minimum atomic E-state index is -0.853. The highest BCUT2D eigenvalue weighted by Gasteiger charge is 2.35. The molecule has 0 aliphatic carbocycles. The van der Waals surface area contributed by atoms with Gasteiger partial charge in [0.25, 0.3) is 11.8 Å². The van der Waals surface area contributed by atoms with Crippen molar-refractivity contribution in [2.75, 3.05) is 6.54 Å². The topological polar surface area (TPSA) is 95.6 Å². The van der Waals surface area contributed by atoms with Gasteiger partial charge in [-0.05, 0) is 31.5 Å². The second kappa shape index (κ2) is 8.68. The van der Waals surface area contributed by atoms with Crippen molar-refractivity contribution >= 4 is 23.6 Å². The third-order valence-corrected chi connectivity index (χ3v) is 4.57. The maximum atomic E-state index is 12.6. The first-order valence-corrected chi connectivity index (χ1v) is 9.48. The number of imide groups is 1. The van der Waals surface area contributed by atoms with Gasteiger partial charge in [0.05, 0.1) is 11.1 Å². The molecule has 7 heteroatoms. The van der Waals surface area contributed by atoms with E-state index in [-0.39, 0.29) is 24.9 Å². The Morgan fingerprint density at radius 3 is 1.97 bits per heavy atom. The van der Waals surface area contributed by atoms with Crippen LogP contribution in [0.25, 0.3) is 0 Å². The molecule has 0 saturated carbocycles. The smallest absolute Gasteiger partial charge is 0.261 e. The summed E-state index contributed by atoms with van der Waals surface area (Å²) in [6.45, 7) is 3.62. The minimum absolute atomic E-state index is 0.0501. The molecule has 2 aromatic carbocycles. The Balaban J connectivity index is 1.66. The fourth-order valence-electron chi connectivity index (χ4n) is 3.20. The predicted octanol–water partition coefficient (Wildman–Crippen LogP) is 2.05. The SMILES string of the molecule is CC(C)NC(=O)[C@@H](NC(=O)CCN1C(=O)c2ccccc2C1=O)c1ccccc1. The summed E-state index contributed by atoms with van der Waals surface area (Å²) in [4.78, 5) is 50.9. The van der Waals surface area contributed by atoms with Gasteiger partial charge in [-0.2, -0.15) is 0 Å². The number of hydrogen-bond acceptors (Lipinski definition) is 4. The summed E-state index contributed by atoms with van der Waals surface area (Å²) >= 11 is 0. The number of carbonyl (C=O) groups excluding carboxylic acids is 4. The van der Waals surface area contributed by atoms with Gasteiger partial charge in [0.2, 0.25) is 11.8 Å². The summed E-state index contributed by atoms with van der Waals surface area (Å²) in [5.74, 6) is -1.55. The molecule has 0 radical (unpaired) electrons. The Hall–Kier alpha value is -3.48. The van der Waals surface area contributed by atoms with Crippen LogP contribution in [0.15, 0.2) is 54.6 Å². The minimum Gasteiger partial charge on any atom is -0.352 e. The molecule has 7 nitrogen and oxygen atoms in total. The number of nitrogens with zero attached hydrogens (tertiary/aromatic N) is 1. The maximum Gasteiger partial charge on any atom is 0.261 e. The summed E-state index contributed by atoms with van der Waals surface area (Å²) in [5.41, 5.74) is 1.34. The average Bonchev–Trinajstić information content (AvgIpc) is 2.95. The van der Waals surface area contributed by atoms with Gasteiger partial charge in [0, 0.05) is 19.0 Å². The zero-order valence-electron chi connectivity index (χ0n) is 16.3. The Kier molecular flexibility index (Phi) is 6.07. The van der Waals surface area contributed by atoms with E-state index in [1.807, 2.05) is 19.9 Å². The van der Waals surface area contributed by atoms with E-state index in [1.165, 1.54) is 0 Å². The Morgan fingerprint density at radius 2 is 1.41 bits per heavy atom. The second-order valence-electron chi connectivity index (χ2n) is 7.13. The molecule has 150 valence electrons. The van der Waals surface area contributed by atoms with E-state index in [9.17, 15) is 19.2 Å². The molecule has 3 rings (SSSR count). The number of fused-ring (bicyclic) bond motifs is 1. The highest BCUT2D eigenvalue weighted by molar-refractivity contribution is 6.21. The van der Waals surface area contributed by atoms with Crippen LogP contribution in [-0.4, -0.2) is 41.1 Å². The highest BCUT2D eigenvalue weighted by Crippen LogP contribution is 2.22. The summed E-state index contributed by atoms with van der Waals surface area (Å²) in [7, 11) is 0. The molecule has 1 aliphatic heterocycles. The van der Waals surface area contributed by atoms with Crippen molar-refractivity contribution in [3.8, 4) is 0 Å². The summed E-state index contributed by atoms with van der Waals surface area (Å²) in [5, 5.41) is 5.51. The van der Waals surface area contributed by atoms with Crippen LogP contribution in [0.2, 0.25) is 0 Å². The van der Waals surface area contributed by atoms with E-state index >= 15 is 0 Å². The highest BCUT2D eigenvalue weighted by atomic mass is 16.2. The summed E-state index contributed by atoms with van der Waals surface area (Å²) in [6, 6.07) is 14.6. The number of carbonyl (C=O) groups is 4. The van der Waals surface area contributed by atoms with Crippen LogP contribution < -0.4 is 10.6 Å². The molecule has 1 heterocycles. The average molecular weight is 393 g/mol. The third kappa shape index (κ3) is 4.51. The summed E-state index contributed by atoms with van der Waals surface area (Å²) < 4.78 is 0. The van der Waals surface area contributed by atoms with Crippen molar-refractivity contribution in [2.24, 2.45) is 0 Å². The molecule has 0 aromatic heterocycles. The van der Waals surface area contributed by atoms with Crippen molar-refractivity contribution in [3.05, 3.63) is 71.3 Å². The van der Waals surface area contributed by atoms with Crippen molar-refractivity contribution in [1.82, 2.24) is 15.5 Å². The molecular weight excluding hydrogens is 370 g/mol. The van der Waals surface area contributed by atoms with Crippen molar-refractivity contribution in [3.63, 3.8) is 0 Å². The lowest BCUT2D eigenvalue weighted by molar-refractivity contribution is -0.129. The molecule has 0 bridgehead atoms. The lowest BCUT2D eigenvalue weighted by Gasteiger charge is -2.21. The van der Waals surface area contributed by atoms with E-state index in [4.69, 9.17) is 0 Å². The van der Waals surface area contributed by atoms with Gasteiger partial charge >= 0.3 is 0 Å². The molecule has 2 aromatic rings. The van der Waals surface area contributed by atoms with Gasteiger partial charge in [-0.25, -0.2) is 0 Å². The van der Waals surface area contributed by atoms with Crippen LogP contribution in [-0.2, 0) is 9.59 Å². The van der Waals surface area contributed by atoms with Crippen molar-refractivity contribution in [1.29, 1.82) is 0 Å². The van der Waals surface area contributed by atoms with E-state index in [0.717, 1.165) is 4.90 Å². The molecule has 4 amide bonds. The first-order valence-electron chi connectivity index (χ1n) is 9.48. The lowest BCUT2D eigenvalue weighted by Crippen LogP contribution is -2.43. The predicted molar refractivity (Wildman–Crippen MR) is 107 cm³/mol. The second-order valence-corrected chi connectivity index (χ2v) is 7.13. The Labute approximate surface area is 169 Å². The molecule has 29 heavy (non-hydrogen) atoms. The maximum absolute atomic E-state index is 12.6. The molecule has 0 unspecified atom stereocenters. The van der Waals surface area contributed by atoms with Gasteiger partial charge in [0.15, 0.2) is 0 Å². The molecule has 1 atom stereocenters. The number of nitrogens with one attached hydrogen (secondary N) is 2. The first kappa shape index (κ1) is 20.3. The fourth-order valence-corrected chi connectivity index (χ4v) is 3.20. The molecule has 0 saturated heterocycles. The lowest BCUT2D eigenvalue weighted by atomic mass is 10.1. The quantitative estimate of drug-likeness (QED) is 0.704. The zero-order chi connectivity index (χ0) is 21.0. The van der Waals surface area contributed by atoms with Crippen LogP contribution in [0.5, 0.6) is 0 Å². The normalized spacial score (nSPS) is 14.0. The van der Waals surface area contributed by atoms with E-state index in [1.54, 1.807) is 48.5 Å². The van der Waals surface area contributed by atoms with E-state index in [0.29, 0.717) is 16.7 Å². The Morgan fingerprint density at radius 1 is 0.862 bits per heavy atom. The monoisotopic (exact) mass is 393 g/mol. The van der Waals surface area contributed by atoms with Gasteiger partial charge in [-0.15, -0.1) is 0 Å². The van der Waals surface area contributed by atoms with Crippen LogP contribution >= 0.6 is 0 Å². The van der Waals surface area contributed by atoms with Gasteiger partial charge in [0.1, 0.15) is 6.04 Å². The number of amides is 4. The van der Waals surface area contributed by atoms with E-state index < -0.39 is 23.8 Å². The number of rotatable bonds is 7. The van der Waals surface area contributed by atoms with Crippen LogP contribution in [0, 0.1) is 0 Å². The first-order chi connectivity index (χ1) is 13.9. The Bertz CT molecular complexity index is 905. The largest absolute Gasteiger partial charge is 0.352 e. The van der Waals surface area contributed by atoms with Crippen LogP contribution in [0.4, 0.5) is 0 Å². The molecular formula is C22H23N3O4. The van der Waals surface area contributed by atoms with Gasteiger partial charge in [-0.1, -0.05) is 42.5 Å². The van der Waals surface area contributed by atoms with Crippen LogP contribution in [0.3, 0.4) is 0 Å². The third-order valence-electron chi connectivity index (χ3n) is 4.57. The molecule has 0 fully saturated rings. The van der Waals surface area contributed by atoms with Gasteiger partial charge in [-0.3, -0.25) is 24.1 Å². The van der Waals surface area contributed by atoms with E-state index in [2.05, 4.69) is 10.6 Å². The number of hydrogen-bond donors (Lipinski definition) is 2. The van der Waals surface area contributed by atoms with Gasteiger partial charge < -0.3 is 10.6 Å². The molecule has 1 aliphatic rings.